The van der Waals surface area contributed by atoms with Crippen LogP contribution >= 0.6 is 11.6 Å². The van der Waals surface area contributed by atoms with E-state index >= 15 is 0 Å². The summed E-state index contributed by atoms with van der Waals surface area (Å²) in [5, 5.41) is 10.5. The smallest absolute Gasteiger partial charge is 0.323 e. The summed E-state index contributed by atoms with van der Waals surface area (Å²) in [5.41, 5.74) is 1.13. The van der Waals surface area contributed by atoms with E-state index in [1.807, 2.05) is 29.2 Å². The average molecular weight is 298 g/mol. The summed E-state index contributed by atoms with van der Waals surface area (Å²) in [4.78, 5) is 13.7. The van der Waals surface area contributed by atoms with E-state index in [0.29, 0.717) is 24.5 Å². The second-order valence-electron chi connectivity index (χ2n) is 5.34. The molecule has 0 amide bonds. The van der Waals surface area contributed by atoms with Crippen molar-refractivity contribution in [1.82, 2.24) is 4.90 Å². The molecule has 20 heavy (non-hydrogen) atoms. The molecule has 0 saturated carbocycles. The minimum atomic E-state index is -0.467. The Hall–Kier alpha value is -1.10. The molecule has 1 aliphatic rings. The molecule has 0 aliphatic carbocycles. The summed E-state index contributed by atoms with van der Waals surface area (Å²) in [5.74, 6) is -0.0500. The quantitative estimate of drug-likeness (QED) is 0.864. The zero-order chi connectivity index (χ0) is 14.7. The van der Waals surface area contributed by atoms with Crippen LogP contribution in [-0.2, 0) is 9.53 Å². The van der Waals surface area contributed by atoms with Crippen LogP contribution in [0.1, 0.15) is 24.8 Å². The standard InChI is InChI=1S/C15H20ClNO3/c1-10(11-4-3-5-12(16)6-11)8-17-9-13(18)7-14(17)15(19)20-2/h3-6,10,13-14,18H,7-9H2,1-2H3/t10-,13-,14+/m1/s1. The number of hydrogen-bond donors (Lipinski definition) is 1. The maximum atomic E-state index is 11.7. The number of aliphatic hydroxyl groups is 1. The number of benzene rings is 1. The highest BCUT2D eigenvalue weighted by atomic mass is 35.5. The lowest BCUT2D eigenvalue weighted by Crippen LogP contribution is -2.39. The van der Waals surface area contributed by atoms with Crippen LogP contribution in [0.25, 0.3) is 0 Å². The zero-order valence-corrected chi connectivity index (χ0v) is 12.5. The first kappa shape index (κ1) is 15.3. The van der Waals surface area contributed by atoms with Gasteiger partial charge in [-0.1, -0.05) is 30.7 Å². The Labute approximate surface area is 124 Å². The Bertz CT molecular complexity index is 480. The van der Waals surface area contributed by atoms with Gasteiger partial charge in [0.2, 0.25) is 0 Å². The number of halogens is 1. The minimum Gasteiger partial charge on any atom is -0.468 e. The highest BCUT2D eigenvalue weighted by Gasteiger charge is 2.37. The average Bonchev–Trinajstić information content (AvgIpc) is 2.78. The van der Waals surface area contributed by atoms with Crippen molar-refractivity contribution in [3.8, 4) is 0 Å². The van der Waals surface area contributed by atoms with Gasteiger partial charge in [-0.2, -0.15) is 0 Å². The van der Waals surface area contributed by atoms with E-state index in [-0.39, 0.29) is 17.9 Å². The number of rotatable bonds is 4. The molecule has 4 nitrogen and oxygen atoms in total. The predicted molar refractivity (Wildman–Crippen MR) is 77.9 cm³/mol. The maximum Gasteiger partial charge on any atom is 0.323 e. The van der Waals surface area contributed by atoms with Gasteiger partial charge in [-0.25, -0.2) is 0 Å². The predicted octanol–water partition coefficient (Wildman–Crippen LogP) is 2.05. The molecule has 0 aromatic heterocycles. The molecule has 1 aliphatic heterocycles. The zero-order valence-electron chi connectivity index (χ0n) is 11.8. The summed E-state index contributed by atoms with van der Waals surface area (Å²) in [6.07, 6.45) is -0.0276. The number of carbonyl (C=O) groups excluding carboxylic acids is 1. The second kappa shape index (κ2) is 6.57. The summed E-state index contributed by atoms with van der Waals surface area (Å²) < 4.78 is 4.81. The van der Waals surface area contributed by atoms with E-state index in [2.05, 4.69) is 6.92 Å². The van der Waals surface area contributed by atoms with E-state index in [0.717, 1.165) is 5.56 Å². The number of methoxy groups -OCH3 is 1. The molecule has 0 unspecified atom stereocenters. The molecule has 1 heterocycles. The Balaban J connectivity index is 2.06. The van der Waals surface area contributed by atoms with Crippen LogP contribution in [0.15, 0.2) is 24.3 Å². The van der Waals surface area contributed by atoms with Crippen LogP contribution in [-0.4, -0.2) is 48.3 Å². The monoisotopic (exact) mass is 297 g/mol. The molecule has 110 valence electrons. The number of carbonyl (C=O) groups is 1. The van der Waals surface area contributed by atoms with Crippen LogP contribution in [0.2, 0.25) is 5.02 Å². The van der Waals surface area contributed by atoms with Gasteiger partial charge in [-0.3, -0.25) is 9.69 Å². The molecule has 0 spiro atoms. The number of β-amino-alcohol motifs (C(OH)–C–C–N with tert-alkyl or cyclic N) is 1. The van der Waals surface area contributed by atoms with Crippen molar-refractivity contribution in [1.29, 1.82) is 0 Å². The first-order valence-corrected chi connectivity index (χ1v) is 7.14. The number of hydrogen-bond acceptors (Lipinski definition) is 4. The van der Waals surface area contributed by atoms with Crippen molar-refractivity contribution in [2.45, 2.75) is 31.4 Å². The number of esters is 1. The molecule has 2 rings (SSSR count). The van der Waals surface area contributed by atoms with E-state index in [1.54, 1.807) is 0 Å². The molecule has 1 aromatic rings. The summed E-state index contributed by atoms with van der Waals surface area (Å²) >= 11 is 6.00. The first-order valence-electron chi connectivity index (χ1n) is 6.76. The van der Waals surface area contributed by atoms with Gasteiger partial charge in [0.1, 0.15) is 6.04 Å². The van der Waals surface area contributed by atoms with Crippen LogP contribution in [0, 0.1) is 0 Å². The van der Waals surface area contributed by atoms with Gasteiger partial charge in [0.25, 0.3) is 0 Å². The maximum absolute atomic E-state index is 11.7. The van der Waals surface area contributed by atoms with Crippen molar-refractivity contribution >= 4 is 17.6 Å². The van der Waals surface area contributed by atoms with Crippen LogP contribution < -0.4 is 0 Å². The molecule has 1 fully saturated rings. The van der Waals surface area contributed by atoms with Crippen LogP contribution in [0.3, 0.4) is 0 Å². The third-order valence-corrected chi connectivity index (χ3v) is 4.02. The van der Waals surface area contributed by atoms with Crippen molar-refractivity contribution in [3.05, 3.63) is 34.9 Å². The minimum absolute atomic E-state index is 0.228. The lowest BCUT2D eigenvalue weighted by atomic mass is 10.0. The summed E-state index contributed by atoms with van der Waals surface area (Å²) in [6.45, 7) is 3.28. The molecule has 3 atom stereocenters. The van der Waals surface area contributed by atoms with Gasteiger partial charge in [0.15, 0.2) is 0 Å². The van der Waals surface area contributed by atoms with Gasteiger partial charge in [-0.05, 0) is 23.6 Å². The van der Waals surface area contributed by atoms with Gasteiger partial charge in [0.05, 0.1) is 13.2 Å². The Morgan fingerprint density at radius 2 is 2.35 bits per heavy atom. The van der Waals surface area contributed by atoms with Crippen molar-refractivity contribution < 1.29 is 14.6 Å². The molecule has 1 saturated heterocycles. The SMILES string of the molecule is COC(=O)[C@@H]1C[C@@H](O)CN1C[C@@H](C)c1cccc(Cl)c1. The molecule has 1 N–H and O–H groups in total. The summed E-state index contributed by atoms with van der Waals surface area (Å²) in [6, 6.07) is 7.37. The topological polar surface area (TPSA) is 49.8 Å². The molecule has 5 heteroatoms. The van der Waals surface area contributed by atoms with Crippen molar-refractivity contribution in [2.24, 2.45) is 0 Å². The van der Waals surface area contributed by atoms with E-state index < -0.39 is 6.10 Å². The fraction of sp³-hybridized carbons (Fsp3) is 0.533. The summed E-state index contributed by atoms with van der Waals surface area (Å²) in [7, 11) is 1.38. The molecular formula is C15H20ClNO3. The molecule has 1 aromatic carbocycles. The third kappa shape index (κ3) is 3.51. The van der Waals surface area contributed by atoms with Gasteiger partial charge < -0.3 is 9.84 Å². The Kier molecular flexibility index (Phi) is 5.02. The molecule has 0 bridgehead atoms. The van der Waals surface area contributed by atoms with Crippen molar-refractivity contribution in [3.63, 3.8) is 0 Å². The second-order valence-corrected chi connectivity index (χ2v) is 5.77. The fourth-order valence-corrected chi connectivity index (χ4v) is 2.93. The van der Waals surface area contributed by atoms with E-state index in [4.69, 9.17) is 16.3 Å². The number of ether oxygens (including phenoxy) is 1. The van der Waals surface area contributed by atoms with Crippen LogP contribution in [0.5, 0.6) is 0 Å². The fourth-order valence-electron chi connectivity index (χ4n) is 2.73. The normalized spacial score (nSPS) is 24.6. The highest BCUT2D eigenvalue weighted by Crippen LogP contribution is 2.25. The number of aliphatic hydroxyl groups excluding tert-OH is 1. The van der Waals surface area contributed by atoms with E-state index in [9.17, 15) is 9.90 Å². The Morgan fingerprint density at radius 1 is 1.60 bits per heavy atom. The lowest BCUT2D eigenvalue weighted by Gasteiger charge is -2.25. The van der Waals surface area contributed by atoms with E-state index in [1.165, 1.54) is 7.11 Å². The van der Waals surface area contributed by atoms with Gasteiger partial charge in [0, 0.05) is 24.5 Å². The highest BCUT2D eigenvalue weighted by molar-refractivity contribution is 6.30. The first-order chi connectivity index (χ1) is 9.51. The van der Waals surface area contributed by atoms with Gasteiger partial charge in [-0.15, -0.1) is 0 Å². The lowest BCUT2D eigenvalue weighted by molar-refractivity contribution is -0.145. The van der Waals surface area contributed by atoms with Crippen molar-refractivity contribution in [2.75, 3.05) is 20.2 Å². The third-order valence-electron chi connectivity index (χ3n) is 3.78. The largest absolute Gasteiger partial charge is 0.468 e. The van der Waals surface area contributed by atoms with Gasteiger partial charge >= 0.3 is 5.97 Å². The molecular weight excluding hydrogens is 278 g/mol. The van der Waals surface area contributed by atoms with Crippen LogP contribution in [0.4, 0.5) is 0 Å². The molecule has 0 radical (unpaired) electrons. The number of nitrogens with zero attached hydrogens (tertiary/aromatic N) is 1. The Morgan fingerprint density at radius 3 is 3.00 bits per heavy atom. The number of likely N-dealkylation sites (tertiary alicyclic amines) is 1.